The minimum absolute atomic E-state index is 0.000616. The van der Waals surface area contributed by atoms with Crippen LogP contribution in [0.25, 0.3) is 0 Å². The van der Waals surface area contributed by atoms with Gasteiger partial charge in [0.1, 0.15) is 13.5 Å². The van der Waals surface area contributed by atoms with Crippen molar-refractivity contribution in [1.82, 2.24) is 9.13 Å². The Morgan fingerprint density at radius 3 is 2.29 bits per heavy atom. The number of esters is 1. The van der Waals surface area contributed by atoms with Gasteiger partial charge in [0.2, 0.25) is 0 Å². The largest absolute Gasteiger partial charge is 0.463 e. The normalized spacial score (nSPS) is 10.6. The smallest absolute Gasteiger partial charge is 0.334 e. The lowest BCUT2D eigenvalue weighted by Gasteiger charge is -2.13. The second kappa shape index (κ2) is 9.84. The van der Waals surface area contributed by atoms with Crippen LogP contribution in [-0.2, 0) is 38.9 Å². The molecule has 0 aliphatic carbocycles. The summed E-state index contributed by atoms with van der Waals surface area (Å²) in [7, 11) is 0. The summed E-state index contributed by atoms with van der Waals surface area (Å²) < 4.78 is 17.5. The van der Waals surface area contributed by atoms with Crippen molar-refractivity contribution in [2.24, 2.45) is 0 Å². The average Bonchev–Trinajstić information content (AvgIpc) is 2.56. The lowest BCUT2D eigenvalue weighted by Crippen LogP contribution is -2.42. The summed E-state index contributed by atoms with van der Waals surface area (Å²) in [4.78, 5) is 36.5. The highest BCUT2D eigenvalue weighted by atomic mass is 16.5. The van der Waals surface area contributed by atoms with E-state index in [1.54, 1.807) is 20.8 Å². The molecule has 1 aromatic heterocycles. The van der Waals surface area contributed by atoms with E-state index < -0.39 is 17.2 Å². The van der Waals surface area contributed by atoms with Crippen molar-refractivity contribution in [3.63, 3.8) is 0 Å². The molecule has 0 aliphatic rings. The summed E-state index contributed by atoms with van der Waals surface area (Å²) in [6, 6.07) is 0. The number of carbonyl (C=O) groups excluding carboxylic acids is 1. The second-order valence-corrected chi connectivity index (χ2v) is 4.88. The van der Waals surface area contributed by atoms with Crippen LogP contribution in [0, 0.1) is 0 Å². The topological polar surface area (TPSA) is 88.8 Å². The minimum atomic E-state index is -0.573. The van der Waals surface area contributed by atoms with Gasteiger partial charge in [-0.3, -0.25) is 9.36 Å². The van der Waals surface area contributed by atoms with E-state index in [0.717, 1.165) is 4.57 Å². The monoisotopic (exact) mass is 340 g/mol. The molecule has 0 fully saturated rings. The van der Waals surface area contributed by atoms with Gasteiger partial charge in [-0.2, -0.15) is 0 Å². The van der Waals surface area contributed by atoms with E-state index in [9.17, 15) is 14.4 Å². The number of hydrogen-bond donors (Lipinski definition) is 0. The van der Waals surface area contributed by atoms with Crippen LogP contribution in [0.5, 0.6) is 0 Å². The van der Waals surface area contributed by atoms with E-state index in [1.165, 1.54) is 10.8 Å². The van der Waals surface area contributed by atoms with Crippen LogP contribution in [0.3, 0.4) is 0 Å². The van der Waals surface area contributed by atoms with Crippen molar-refractivity contribution in [3.8, 4) is 0 Å². The van der Waals surface area contributed by atoms with E-state index in [-0.39, 0.29) is 37.6 Å². The van der Waals surface area contributed by atoms with E-state index in [1.807, 2.05) is 0 Å². The molecule has 0 saturated carbocycles. The lowest BCUT2D eigenvalue weighted by atomic mass is 10.1. The number of aromatic nitrogens is 2. The molecular weight excluding hydrogens is 316 g/mol. The van der Waals surface area contributed by atoms with Gasteiger partial charge in [0, 0.05) is 37.0 Å². The van der Waals surface area contributed by atoms with Gasteiger partial charge in [0.15, 0.2) is 0 Å². The highest BCUT2D eigenvalue weighted by Gasteiger charge is 2.16. The number of hydrogen-bond acceptors (Lipinski definition) is 6. The summed E-state index contributed by atoms with van der Waals surface area (Å²) in [6.45, 7) is 9.71. The number of nitrogens with zero attached hydrogens (tertiary/aromatic N) is 2. The van der Waals surface area contributed by atoms with E-state index >= 15 is 0 Å². The molecule has 0 amide bonds. The maximum absolute atomic E-state index is 12.5. The molecule has 8 heteroatoms. The molecule has 0 saturated heterocycles. The van der Waals surface area contributed by atoms with Gasteiger partial charge in [0.05, 0.1) is 6.61 Å². The Hall–Kier alpha value is -2.19. The zero-order valence-corrected chi connectivity index (χ0v) is 14.4. The molecule has 0 spiro atoms. The van der Waals surface area contributed by atoms with Crippen LogP contribution < -0.4 is 11.2 Å². The number of ether oxygens (including phenoxy) is 3. The summed E-state index contributed by atoms with van der Waals surface area (Å²) in [5, 5.41) is 0. The highest BCUT2D eigenvalue weighted by Crippen LogP contribution is 2.04. The van der Waals surface area contributed by atoms with Crippen molar-refractivity contribution in [2.45, 2.75) is 40.7 Å². The van der Waals surface area contributed by atoms with Gasteiger partial charge < -0.3 is 14.2 Å². The predicted octanol–water partition coefficient (Wildman–Crippen LogP) is 0.660. The van der Waals surface area contributed by atoms with E-state index in [0.29, 0.717) is 13.2 Å². The molecule has 0 aliphatic heterocycles. The Kier molecular flexibility index (Phi) is 8.14. The number of rotatable bonds is 10. The standard InChI is InChI=1S/C16H24N2O6/c1-5-22-10-17-9-13(8-12(4)15(20)24-7-3)14(19)18(16(17)21)11-23-6-2/h9H,4-8,10-11H2,1-3H3. The fraction of sp³-hybridized carbons (Fsp3) is 0.562. The third-order valence-electron chi connectivity index (χ3n) is 3.14. The quantitative estimate of drug-likeness (QED) is 0.459. The van der Waals surface area contributed by atoms with Gasteiger partial charge in [-0.05, 0) is 20.8 Å². The zero-order chi connectivity index (χ0) is 18.1. The third kappa shape index (κ3) is 5.17. The minimum Gasteiger partial charge on any atom is -0.463 e. The summed E-state index contributed by atoms with van der Waals surface area (Å²) in [5.41, 5.74) is -0.676. The first-order chi connectivity index (χ1) is 11.5. The molecule has 0 atom stereocenters. The lowest BCUT2D eigenvalue weighted by molar-refractivity contribution is -0.138. The highest BCUT2D eigenvalue weighted by molar-refractivity contribution is 5.88. The molecule has 0 bridgehead atoms. The molecule has 24 heavy (non-hydrogen) atoms. The van der Waals surface area contributed by atoms with E-state index in [4.69, 9.17) is 14.2 Å². The zero-order valence-electron chi connectivity index (χ0n) is 14.4. The first-order valence-corrected chi connectivity index (χ1v) is 7.79. The molecule has 1 heterocycles. The van der Waals surface area contributed by atoms with Gasteiger partial charge in [0.25, 0.3) is 5.56 Å². The third-order valence-corrected chi connectivity index (χ3v) is 3.14. The van der Waals surface area contributed by atoms with Crippen LogP contribution in [-0.4, -0.2) is 34.9 Å². The SMILES string of the molecule is C=C(Cc1cn(COCC)c(=O)n(COCC)c1=O)C(=O)OCC. The van der Waals surface area contributed by atoms with Crippen LogP contribution >= 0.6 is 0 Å². The first kappa shape index (κ1) is 19.9. The van der Waals surface area contributed by atoms with Crippen LogP contribution in [0.4, 0.5) is 0 Å². The van der Waals surface area contributed by atoms with Crippen molar-refractivity contribution >= 4 is 5.97 Å². The van der Waals surface area contributed by atoms with Crippen molar-refractivity contribution < 1.29 is 19.0 Å². The predicted molar refractivity (Wildman–Crippen MR) is 87.7 cm³/mol. The van der Waals surface area contributed by atoms with Crippen LogP contribution in [0.2, 0.25) is 0 Å². The fourth-order valence-electron chi connectivity index (χ4n) is 1.95. The average molecular weight is 340 g/mol. The van der Waals surface area contributed by atoms with Gasteiger partial charge in [-0.15, -0.1) is 0 Å². The molecule has 0 N–H and O–H groups in total. The molecule has 8 nitrogen and oxygen atoms in total. The van der Waals surface area contributed by atoms with Crippen LogP contribution in [0.1, 0.15) is 26.3 Å². The Morgan fingerprint density at radius 1 is 1.08 bits per heavy atom. The maximum Gasteiger partial charge on any atom is 0.334 e. The summed E-state index contributed by atoms with van der Waals surface area (Å²) >= 11 is 0. The molecule has 134 valence electrons. The Bertz CT molecular complexity index is 689. The van der Waals surface area contributed by atoms with Gasteiger partial charge in [-0.1, -0.05) is 6.58 Å². The van der Waals surface area contributed by atoms with Crippen LogP contribution in [0.15, 0.2) is 27.9 Å². The molecule has 1 rings (SSSR count). The van der Waals surface area contributed by atoms with Crippen molar-refractivity contribution in [2.75, 3.05) is 19.8 Å². The Balaban J connectivity index is 3.22. The fourth-order valence-corrected chi connectivity index (χ4v) is 1.95. The molecule has 0 radical (unpaired) electrons. The van der Waals surface area contributed by atoms with Crippen molar-refractivity contribution in [1.29, 1.82) is 0 Å². The molecule has 1 aromatic rings. The molecular formula is C16H24N2O6. The summed E-state index contributed by atoms with van der Waals surface area (Å²) in [5.74, 6) is -0.573. The van der Waals surface area contributed by atoms with Gasteiger partial charge >= 0.3 is 11.7 Å². The Labute approximate surface area is 140 Å². The van der Waals surface area contributed by atoms with E-state index in [2.05, 4.69) is 6.58 Å². The molecule has 0 aromatic carbocycles. The second-order valence-electron chi connectivity index (χ2n) is 4.88. The summed E-state index contributed by atoms with van der Waals surface area (Å²) in [6.07, 6.45) is 1.36. The maximum atomic E-state index is 12.5. The Morgan fingerprint density at radius 2 is 1.71 bits per heavy atom. The first-order valence-electron chi connectivity index (χ1n) is 7.79. The van der Waals surface area contributed by atoms with Crippen molar-refractivity contribution in [3.05, 3.63) is 44.8 Å². The molecule has 0 unspecified atom stereocenters. The van der Waals surface area contributed by atoms with Gasteiger partial charge in [-0.25, -0.2) is 14.2 Å². The number of carbonyl (C=O) groups is 1.